The second-order valence-corrected chi connectivity index (χ2v) is 10.7. The number of hydrogen-bond donors (Lipinski definition) is 0. The van der Waals surface area contributed by atoms with E-state index in [0.717, 1.165) is 20.6 Å². The first kappa shape index (κ1) is 26.3. The Labute approximate surface area is 209 Å². The van der Waals surface area contributed by atoms with Gasteiger partial charge in [-0.15, -0.1) is 11.3 Å². The molecule has 3 aromatic rings. The standard InChI is InChI=1S/C23H23ClF3N3O2S2/c1-14(31)32-10-9-30(34-23(25,26)27)16-5-6-17(18(24)12-16)19-13-33-21(29-19)15-7-8-28-20(11-15)22(2,3)4/h5-8,11-13H,9-10H2,1-4H3. The van der Waals surface area contributed by atoms with Gasteiger partial charge in [0.05, 0.1) is 29.2 Å². The Morgan fingerprint density at radius 3 is 2.56 bits per heavy atom. The number of esters is 1. The zero-order chi connectivity index (χ0) is 25.1. The van der Waals surface area contributed by atoms with Gasteiger partial charge in [-0.3, -0.25) is 9.78 Å². The number of aromatic nitrogens is 2. The predicted octanol–water partition coefficient (Wildman–Crippen LogP) is 7.36. The van der Waals surface area contributed by atoms with Crippen LogP contribution in [0.4, 0.5) is 18.9 Å². The summed E-state index contributed by atoms with van der Waals surface area (Å²) in [5.74, 6) is -0.562. The summed E-state index contributed by atoms with van der Waals surface area (Å²) in [5, 5.41) is 2.91. The van der Waals surface area contributed by atoms with Gasteiger partial charge in [0.25, 0.3) is 0 Å². The molecule has 0 N–H and O–H groups in total. The molecule has 5 nitrogen and oxygen atoms in total. The number of halogens is 4. The second kappa shape index (κ2) is 10.5. The zero-order valence-corrected chi connectivity index (χ0v) is 21.3. The predicted molar refractivity (Wildman–Crippen MR) is 132 cm³/mol. The van der Waals surface area contributed by atoms with Gasteiger partial charge in [0.15, 0.2) is 0 Å². The number of hydrogen-bond acceptors (Lipinski definition) is 7. The SMILES string of the molecule is CC(=O)OCCN(SC(F)(F)F)c1ccc(-c2csc(-c3ccnc(C(C)(C)C)c3)n2)c(Cl)c1. The average Bonchev–Trinajstić information content (AvgIpc) is 3.21. The fraction of sp³-hybridized carbons (Fsp3) is 0.348. The average molecular weight is 530 g/mol. The van der Waals surface area contributed by atoms with Gasteiger partial charge in [-0.1, -0.05) is 32.4 Å². The van der Waals surface area contributed by atoms with Gasteiger partial charge >= 0.3 is 11.5 Å². The van der Waals surface area contributed by atoms with Crippen molar-refractivity contribution in [2.75, 3.05) is 17.5 Å². The normalized spacial score (nSPS) is 12.0. The molecular weight excluding hydrogens is 507 g/mol. The summed E-state index contributed by atoms with van der Waals surface area (Å²) < 4.78 is 45.0. The Bertz CT molecular complexity index is 1160. The van der Waals surface area contributed by atoms with E-state index in [1.807, 2.05) is 17.5 Å². The van der Waals surface area contributed by atoms with Crippen molar-refractivity contribution >= 4 is 46.5 Å². The van der Waals surface area contributed by atoms with Crippen LogP contribution in [0.2, 0.25) is 5.02 Å². The highest BCUT2D eigenvalue weighted by Crippen LogP contribution is 2.40. The summed E-state index contributed by atoms with van der Waals surface area (Å²) in [6.07, 6.45) is 1.75. The van der Waals surface area contributed by atoms with E-state index in [1.165, 1.54) is 30.4 Å². The molecule has 1 aromatic carbocycles. The number of nitrogens with zero attached hydrogens (tertiary/aromatic N) is 3. The van der Waals surface area contributed by atoms with Crippen molar-refractivity contribution in [1.29, 1.82) is 0 Å². The highest BCUT2D eigenvalue weighted by atomic mass is 35.5. The lowest BCUT2D eigenvalue weighted by molar-refractivity contribution is -0.140. The van der Waals surface area contributed by atoms with Crippen molar-refractivity contribution in [1.82, 2.24) is 9.97 Å². The number of pyridine rings is 1. The summed E-state index contributed by atoms with van der Waals surface area (Å²) in [4.78, 5) is 20.1. The molecule has 0 fully saturated rings. The van der Waals surface area contributed by atoms with Gasteiger partial charge in [-0.2, -0.15) is 13.2 Å². The first-order valence-electron chi connectivity index (χ1n) is 10.2. The van der Waals surface area contributed by atoms with Crippen LogP contribution in [0, 0.1) is 0 Å². The number of anilines is 1. The number of ether oxygens (including phenoxy) is 1. The minimum absolute atomic E-state index is 0.106. The molecule has 0 unspecified atom stereocenters. The molecule has 0 saturated carbocycles. The van der Waals surface area contributed by atoms with E-state index in [2.05, 4.69) is 30.7 Å². The quantitative estimate of drug-likeness (QED) is 0.235. The van der Waals surface area contributed by atoms with Crippen molar-refractivity contribution in [3.63, 3.8) is 0 Å². The number of carbonyl (C=O) groups is 1. The van der Waals surface area contributed by atoms with E-state index in [4.69, 9.17) is 16.3 Å². The van der Waals surface area contributed by atoms with Gasteiger partial charge in [-0.25, -0.2) is 4.98 Å². The van der Waals surface area contributed by atoms with Gasteiger partial charge in [0, 0.05) is 46.4 Å². The van der Waals surface area contributed by atoms with Crippen LogP contribution in [0.3, 0.4) is 0 Å². The van der Waals surface area contributed by atoms with E-state index < -0.39 is 11.5 Å². The lowest BCUT2D eigenvalue weighted by Gasteiger charge is -2.24. The van der Waals surface area contributed by atoms with Crippen LogP contribution in [-0.2, 0) is 14.9 Å². The minimum Gasteiger partial charge on any atom is -0.464 e. The fourth-order valence-electron chi connectivity index (χ4n) is 3.00. The first-order chi connectivity index (χ1) is 15.8. The molecule has 0 bridgehead atoms. The van der Waals surface area contributed by atoms with Crippen LogP contribution in [0.1, 0.15) is 33.4 Å². The molecule has 3 rings (SSSR count). The van der Waals surface area contributed by atoms with Crippen molar-refractivity contribution in [3.05, 3.63) is 52.6 Å². The maximum atomic E-state index is 13.1. The van der Waals surface area contributed by atoms with E-state index in [0.29, 0.717) is 11.3 Å². The molecule has 0 atom stereocenters. The Balaban J connectivity index is 1.86. The van der Waals surface area contributed by atoms with Crippen molar-refractivity contribution < 1.29 is 22.7 Å². The fourth-order valence-corrected chi connectivity index (χ4v) is 4.72. The van der Waals surface area contributed by atoms with E-state index in [9.17, 15) is 18.0 Å². The van der Waals surface area contributed by atoms with Gasteiger partial charge in [-0.05, 0) is 30.3 Å². The van der Waals surface area contributed by atoms with Crippen LogP contribution in [0.25, 0.3) is 21.8 Å². The molecule has 0 spiro atoms. The van der Waals surface area contributed by atoms with E-state index in [-0.39, 0.29) is 41.2 Å². The maximum absolute atomic E-state index is 13.1. The largest absolute Gasteiger partial charge is 0.464 e. The minimum atomic E-state index is -4.51. The molecule has 0 aliphatic rings. The molecule has 2 heterocycles. The Morgan fingerprint density at radius 1 is 1.21 bits per heavy atom. The number of alkyl halides is 3. The van der Waals surface area contributed by atoms with Crippen molar-refractivity contribution in [2.45, 2.75) is 38.6 Å². The number of thiazole rings is 1. The molecule has 0 radical (unpaired) electrons. The topological polar surface area (TPSA) is 55.3 Å². The molecule has 11 heteroatoms. The molecule has 0 saturated heterocycles. The molecular formula is C23H23ClF3N3O2S2. The van der Waals surface area contributed by atoms with Crippen LogP contribution < -0.4 is 4.31 Å². The summed E-state index contributed by atoms with van der Waals surface area (Å²) >= 11 is 7.59. The Hall–Kier alpha value is -2.30. The summed E-state index contributed by atoms with van der Waals surface area (Å²) in [5.41, 5.74) is -1.27. The van der Waals surface area contributed by atoms with Crippen LogP contribution in [0.5, 0.6) is 0 Å². The second-order valence-electron chi connectivity index (χ2n) is 8.36. The molecule has 0 aliphatic carbocycles. The first-order valence-corrected chi connectivity index (χ1v) is 12.3. The van der Waals surface area contributed by atoms with E-state index in [1.54, 1.807) is 12.3 Å². The summed E-state index contributed by atoms with van der Waals surface area (Å²) in [6.45, 7) is 7.11. The van der Waals surface area contributed by atoms with Crippen molar-refractivity contribution in [2.24, 2.45) is 0 Å². The Morgan fingerprint density at radius 2 is 1.94 bits per heavy atom. The smallest absolute Gasteiger partial charge is 0.461 e. The third-order valence-electron chi connectivity index (χ3n) is 4.61. The molecule has 2 aromatic heterocycles. The van der Waals surface area contributed by atoms with Gasteiger partial charge < -0.3 is 9.04 Å². The number of carbonyl (C=O) groups excluding carboxylic acids is 1. The number of rotatable bonds is 7. The lowest BCUT2D eigenvalue weighted by atomic mass is 9.91. The van der Waals surface area contributed by atoms with E-state index >= 15 is 0 Å². The van der Waals surface area contributed by atoms with Crippen molar-refractivity contribution in [3.8, 4) is 21.8 Å². The molecule has 34 heavy (non-hydrogen) atoms. The molecule has 0 aliphatic heterocycles. The maximum Gasteiger partial charge on any atom is 0.461 e. The molecule has 182 valence electrons. The highest BCUT2D eigenvalue weighted by molar-refractivity contribution is 8.01. The molecule has 0 amide bonds. The monoisotopic (exact) mass is 529 g/mol. The highest BCUT2D eigenvalue weighted by Gasteiger charge is 2.33. The number of benzene rings is 1. The van der Waals surface area contributed by atoms with Crippen LogP contribution >= 0.6 is 34.9 Å². The summed E-state index contributed by atoms with van der Waals surface area (Å²) in [7, 11) is 0. The zero-order valence-electron chi connectivity index (χ0n) is 18.9. The summed E-state index contributed by atoms with van der Waals surface area (Å²) in [6, 6.07) is 8.52. The van der Waals surface area contributed by atoms with Crippen LogP contribution in [-0.4, -0.2) is 34.6 Å². The van der Waals surface area contributed by atoms with Gasteiger partial charge in [0.2, 0.25) is 0 Å². The third kappa shape index (κ3) is 7.10. The lowest BCUT2D eigenvalue weighted by Crippen LogP contribution is -2.25. The Kier molecular flexibility index (Phi) is 8.15. The van der Waals surface area contributed by atoms with Crippen LogP contribution in [0.15, 0.2) is 41.9 Å². The third-order valence-corrected chi connectivity index (χ3v) is 6.63. The van der Waals surface area contributed by atoms with Gasteiger partial charge in [0.1, 0.15) is 11.6 Å².